The van der Waals surface area contributed by atoms with E-state index in [1.165, 1.54) is 12.8 Å². The van der Waals surface area contributed by atoms with E-state index in [0.29, 0.717) is 0 Å². The third-order valence-corrected chi connectivity index (χ3v) is 4.52. The van der Waals surface area contributed by atoms with Crippen molar-refractivity contribution in [1.29, 1.82) is 0 Å². The number of nitrogens with zero attached hydrogens (tertiary/aromatic N) is 3. The topological polar surface area (TPSA) is 41.1 Å². The molecule has 20 heavy (non-hydrogen) atoms. The van der Waals surface area contributed by atoms with Gasteiger partial charge >= 0.3 is 0 Å². The van der Waals surface area contributed by atoms with E-state index in [1.54, 1.807) is 11.5 Å². The third kappa shape index (κ3) is 4.70. The van der Waals surface area contributed by atoms with Crippen molar-refractivity contribution >= 4 is 16.7 Å². The first-order valence-electron chi connectivity index (χ1n) is 7.97. The summed E-state index contributed by atoms with van der Waals surface area (Å²) in [6.45, 7) is 11.2. The number of hydrogen-bond donors (Lipinski definition) is 1. The molecule has 1 unspecified atom stereocenters. The first-order valence-corrected chi connectivity index (χ1v) is 8.74. The molecule has 0 spiro atoms. The monoisotopic (exact) mass is 296 g/mol. The normalized spacial score (nSPS) is 19.8. The molecule has 0 aliphatic carbocycles. The fourth-order valence-electron chi connectivity index (χ4n) is 2.68. The predicted octanol–water partition coefficient (Wildman–Crippen LogP) is 2.95. The summed E-state index contributed by atoms with van der Waals surface area (Å²) in [5.41, 5.74) is 0. The third-order valence-electron chi connectivity index (χ3n) is 3.71. The van der Waals surface area contributed by atoms with Gasteiger partial charge in [-0.15, -0.1) is 0 Å². The summed E-state index contributed by atoms with van der Waals surface area (Å²) >= 11 is 1.57. The predicted molar refractivity (Wildman–Crippen MR) is 86.5 cm³/mol. The van der Waals surface area contributed by atoms with E-state index in [-0.39, 0.29) is 0 Å². The lowest BCUT2D eigenvalue weighted by molar-refractivity contribution is 0.382. The first-order chi connectivity index (χ1) is 9.69. The maximum Gasteiger partial charge on any atom is 0.205 e. The zero-order valence-electron chi connectivity index (χ0n) is 13.1. The summed E-state index contributed by atoms with van der Waals surface area (Å²) < 4.78 is 4.46. The van der Waals surface area contributed by atoms with E-state index < -0.39 is 0 Å². The molecule has 1 fully saturated rings. The zero-order valence-corrected chi connectivity index (χ0v) is 13.9. The Kier molecular flexibility index (Phi) is 6.23. The van der Waals surface area contributed by atoms with Gasteiger partial charge in [-0.2, -0.15) is 4.37 Å². The van der Waals surface area contributed by atoms with Crippen molar-refractivity contribution in [3.8, 4) is 0 Å². The summed E-state index contributed by atoms with van der Waals surface area (Å²) in [6, 6.07) is 0. The van der Waals surface area contributed by atoms with Gasteiger partial charge in [-0.25, -0.2) is 4.98 Å². The molecule has 5 heteroatoms. The van der Waals surface area contributed by atoms with Crippen LogP contribution in [0, 0.1) is 11.8 Å². The van der Waals surface area contributed by atoms with E-state index in [0.717, 1.165) is 61.8 Å². The first kappa shape index (κ1) is 15.7. The van der Waals surface area contributed by atoms with Crippen molar-refractivity contribution in [3.05, 3.63) is 5.82 Å². The minimum atomic E-state index is 0.731. The van der Waals surface area contributed by atoms with Gasteiger partial charge in [0.25, 0.3) is 0 Å². The van der Waals surface area contributed by atoms with Gasteiger partial charge in [-0.3, -0.25) is 0 Å². The summed E-state index contributed by atoms with van der Waals surface area (Å²) in [4.78, 5) is 7.11. The number of hydrogen-bond acceptors (Lipinski definition) is 5. The highest BCUT2D eigenvalue weighted by Gasteiger charge is 2.22. The van der Waals surface area contributed by atoms with Crippen molar-refractivity contribution in [2.24, 2.45) is 11.8 Å². The fraction of sp³-hybridized carbons (Fsp3) is 0.867. The molecule has 1 saturated heterocycles. The lowest BCUT2D eigenvalue weighted by Crippen LogP contribution is -2.40. The van der Waals surface area contributed by atoms with Crippen LogP contribution in [0.25, 0.3) is 0 Å². The van der Waals surface area contributed by atoms with Gasteiger partial charge < -0.3 is 10.2 Å². The molecule has 0 radical (unpaired) electrons. The zero-order chi connectivity index (χ0) is 14.4. The molecule has 0 bridgehead atoms. The maximum atomic E-state index is 4.68. The van der Waals surface area contributed by atoms with Crippen LogP contribution in [0.1, 0.15) is 45.9 Å². The SMILES string of the molecule is CCCc1nsc(N2CCCC(CNCC(C)C)C2)n1. The molecule has 0 saturated carbocycles. The van der Waals surface area contributed by atoms with E-state index in [4.69, 9.17) is 0 Å². The number of piperidine rings is 1. The van der Waals surface area contributed by atoms with Crippen molar-refractivity contribution < 1.29 is 0 Å². The second-order valence-electron chi connectivity index (χ2n) is 6.25. The van der Waals surface area contributed by atoms with E-state index in [1.807, 2.05) is 0 Å². The van der Waals surface area contributed by atoms with Gasteiger partial charge in [-0.05, 0) is 44.2 Å². The molecule has 1 atom stereocenters. The minimum absolute atomic E-state index is 0.731. The van der Waals surface area contributed by atoms with E-state index in [2.05, 4.69) is 40.3 Å². The molecule has 2 heterocycles. The molecule has 114 valence electrons. The van der Waals surface area contributed by atoms with Crippen molar-refractivity contribution in [1.82, 2.24) is 14.7 Å². The van der Waals surface area contributed by atoms with Crippen LogP contribution in [0.5, 0.6) is 0 Å². The highest BCUT2D eigenvalue weighted by Crippen LogP contribution is 2.24. The van der Waals surface area contributed by atoms with Crippen LogP contribution in [-0.4, -0.2) is 35.5 Å². The molecule has 4 nitrogen and oxygen atoms in total. The van der Waals surface area contributed by atoms with Crippen LogP contribution in [0.2, 0.25) is 0 Å². The van der Waals surface area contributed by atoms with Crippen LogP contribution >= 0.6 is 11.5 Å². The molecule has 1 aliphatic heterocycles. The molecule has 1 aromatic rings. The highest BCUT2D eigenvalue weighted by atomic mass is 32.1. The number of rotatable bonds is 7. The van der Waals surface area contributed by atoms with Crippen LogP contribution in [0.4, 0.5) is 5.13 Å². The summed E-state index contributed by atoms with van der Waals surface area (Å²) in [5, 5.41) is 4.72. The number of aromatic nitrogens is 2. The fourth-order valence-corrected chi connectivity index (χ4v) is 3.43. The highest BCUT2D eigenvalue weighted by molar-refractivity contribution is 7.09. The average Bonchev–Trinajstić information content (AvgIpc) is 2.88. The molecule has 1 aliphatic rings. The van der Waals surface area contributed by atoms with Crippen molar-refractivity contribution in [3.63, 3.8) is 0 Å². The van der Waals surface area contributed by atoms with Crippen molar-refractivity contribution in [2.45, 2.75) is 46.5 Å². The van der Waals surface area contributed by atoms with E-state index >= 15 is 0 Å². The molecular weight excluding hydrogens is 268 g/mol. The average molecular weight is 296 g/mol. The van der Waals surface area contributed by atoms with Gasteiger partial charge in [0.15, 0.2) is 0 Å². The van der Waals surface area contributed by atoms with Gasteiger partial charge in [0.05, 0.1) is 0 Å². The molecule has 2 rings (SSSR count). The number of aryl methyl sites for hydroxylation is 1. The molecule has 0 amide bonds. The minimum Gasteiger partial charge on any atom is -0.347 e. The molecule has 1 aromatic heterocycles. The maximum absolute atomic E-state index is 4.68. The lowest BCUT2D eigenvalue weighted by Gasteiger charge is -2.32. The van der Waals surface area contributed by atoms with E-state index in [9.17, 15) is 0 Å². The van der Waals surface area contributed by atoms with Gasteiger partial charge in [-0.1, -0.05) is 20.8 Å². The largest absolute Gasteiger partial charge is 0.347 e. The Balaban J connectivity index is 1.82. The molecular formula is C15H28N4S. The summed E-state index contributed by atoms with van der Waals surface area (Å²) in [6.07, 6.45) is 4.74. The van der Waals surface area contributed by atoms with Crippen LogP contribution in [-0.2, 0) is 6.42 Å². The van der Waals surface area contributed by atoms with Crippen LogP contribution in [0.3, 0.4) is 0 Å². The molecule has 1 N–H and O–H groups in total. The van der Waals surface area contributed by atoms with Crippen molar-refractivity contribution in [2.75, 3.05) is 31.1 Å². The second-order valence-corrected chi connectivity index (χ2v) is 6.98. The number of anilines is 1. The second kappa shape index (κ2) is 7.93. The standard InChI is InChI=1S/C15H28N4S/c1-4-6-14-17-15(20-18-14)19-8-5-7-13(11-19)10-16-9-12(2)3/h12-13,16H,4-11H2,1-3H3. The van der Waals surface area contributed by atoms with Gasteiger partial charge in [0.2, 0.25) is 5.13 Å². The quantitative estimate of drug-likeness (QED) is 0.840. The van der Waals surface area contributed by atoms with Gasteiger partial charge in [0.1, 0.15) is 5.82 Å². The Labute approximate surface area is 127 Å². The Morgan fingerprint density at radius 2 is 2.30 bits per heavy atom. The Morgan fingerprint density at radius 1 is 1.45 bits per heavy atom. The summed E-state index contributed by atoms with van der Waals surface area (Å²) in [5.74, 6) is 2.50. The molecule has 0 aromatic carbocycles. The summed E-state index contributed by atoms with van der Waals surface area (Å²) in [7, 11) is 0. The Morgan fingerprint density at radius 3 is 3.05 bits per heavy atom. The van der Waals surface area contributed by atoms with Crippen LogP contribution in [0.15, 0.2) is 0 Å². The van der Waals surface area contributed by atoms with Crippen LogP contribution < -0.4 is 10.2 Å². The Bertz CT molecular complexity index is 391. The smallest absolute Gasteiger partial charge is 0.205 e. The lowest BCUT2D eigenvalue weighted by atomic mass is 9.98. The Hall–Kier alpha value is -0.680. The van der Waals surface area contributed by atoms with Gasteiger partial charge in [0, 0.05) is 31.0 Å². The number of nitrogens with one attached hydrogen (secondary N) is 1.